The second kappa shape index (κ2) is 5.66. The van der Waals surface area contributed by atoms with Crippen molar-refractivity contribution in [1.82, 2.24) is 9.55 Å². The van der Waals surface area contributed by atoms with Gasteiger partial charge in [0.15, 0.2) is 0 Å². The van der Waals surface area contributed by atoms with Gasteiger partial charge in [-0.1, -0.05) is 12.1 Å². The number of ether oxygens (including phenoxy) is 2. The zero-order valence-electron chi connectivity index (χ0n) is 12.4. The van der Waals surface area contributed by atoms with Crippen LogP contribution in [0.25, 0.3) is 0 Å². The van der Waals surface area contributed by atoms with Gasteiger partial charge in [0.2, 0.25) is 5.88 Å². The summed E-state index contributed by atoms with van der Waals surface area (Å²) in [5, 5.41) is 0. The summed E-state index contributed by atoms with van der Waals surface area (Å²) in [5.41, 5.74) is 0.359. The summed E-state index contributed by atoms with van der Waals surface area (Å²) in [4.78, 5) is 18.2. The minimum Gasteiger partial charge on any atom is -0.473 e. The van der Waals surface area contributed by atoms with E-state index in [9.17, 15) is 9.18 Å². The molecule has 0 amide bonds. The van der Waals surface area contributed by atoms with Crippen LogP contribution in [0.2, 0.25) is 0 Å². The van der Waals surface area contributed by atoms with E-state index in [2.05, 4.69) is 9.88 Å². The molecule has 2 aromatic rings. The van der Waals surface area contributed by atoms with E-state index >= 15 is 0 Å². The smallest absolute Gasteiger partial charge is 0.352 e. The van der Waals surface area contributed by atoms with Gasteiger partial charge >= 0.3 is 5.69 Å². The van der Waals surface area contributed by atoms with Crippen LogP contribution in [-0.2, 0) is 17.9 Å². The molecular formula is C16H16FN3O3. The molecule has 1 aromatic heterocycles. The highest BCUT2D eigenvalue weighted by Crippen LogP contribution is 2.30. The summed E-state index contributed by atoms with van der Waals surface area (Å²) < 4.78 is 25.9. The lowest BCUT2D eigenvalue weighted by atomic mass is 10.2. The van der Waals surface area contributed by atoms with Gasteiger partial charge in [0.05, 0.1) is 12.6 Å². The molecule has 7 heteroatoms. The van der Waals surface area contributed by atoms with E-state index in [-0.39, 0.29) is 30.0 Å². The quantitative estimate of drug-likeness (QED) is 0.859. The minimum absolute atomic E-state index is 0.160. The molecule has 1 fully saturated rings. The van der Waals surface area contributed by atoms with Crippen molar-refractivity contribution in [2.45, 2.75) is 25.6 Å². The largest absolute Gasteiger partial charge is 0.473 e. The molecule has 0 bridgehead atoms. The maximum Gasteiger partial charge on any atom is 0.352 e. The fraction of sp³-hybridized carbons (Fsp3) is 0.375. The van der Waals surface area contributed by atoms with Gasteiger partial charge in [-0.2, -0.15) is 4.98 Å². The zero-order valence-corrected chi connectivity index (χ0v) is 12.4. The maximum atomic E-state index is 13.2. The van der Waals surface area contributed by atoms with Crippen LogP contribution < -0.4 is 15.3 Å². The van der Waals surface area contributed by atoms with E-state index < -0.39 is 0 Å². The monoisotopic (exact) mass is 317 g/mol. The molecule has 120 valence electrons. The van der Waals surface area contributed by atoms with E-state index in [0.717, 1.165) is 12.2 Å². The Morgan fingerprint density at radius 2 is 2.30 bits per heavy atom. The molecule has 2 aliphatic heterocycles. The lowest BCUT2D eigenvalue weighted by Crippen LogP contribution is -2.39. The summed E-state index contributed by atoms with van der Waals surface area (Å²) in [6, 6.07) is 8.17. The highest BCUT2D eigenvalue weighted by atomic mass is 19.1. The average molecular weight is 317 g/mol. The van der Waals surface area contributed by atoms with Crippen LogP contribution in [0, 0.1) is 5.82 Å². The van der Waals surface area contributed by atoms with Crippen molar-refractivity contribution in [2.75, 3.05) is 18.2 Å². The Labute approximate surface area is 132 Å². The molecule has 0 aliphatic carbocycles. The lowest BCUT2D eigenvalue weighted by molar-refractivity contribution is 0.0903. The summed E-state index contributed by atoms with van der Waals surface area (Å²) in [6.07, 6.45) is 0.889. The number of rotatable bonds is 3. The van der Waals surface area contributed by atoms with Crippen LogP contribution in [0.5, 0.6) is 5.88 Å². The van der Waals surface area contributed by atoms with E-state index in [0.29, 0.717) is 25.4 Å². The second-order valence-corrected chi connectivity index (χ2v) is 5.71. The number of nitrogens with zero attached hydrogens (tertiary/aromatic N) is 3. The van der Waals surface area contributed by atoms with Crippen molar-refractivity contribution in [3.63, 3.8) is 0 Å². The Balaban J connectivity index is 1.57. The molecule has 4 rings (SSSR count). The summed E-state index contributed by atoms with van der Waals surface area (Å²) in [7, 11) is 0. The third kappa shape index (κ3) is 2.68. The number of hydrogen-bond acceptors (Lipinski definition) is 5. The maximum absolute atomic E-state index is 13.2. The Hall–Kier alpha value is -2.41. The van der Waals surface area contributed by atoms with Crippen molar-refractivity contribution in [2.24, 2.45) is 0 Å². The zero-order chi connectivity index (χ0) is 15.8. The van der Waals surface area contributed by atoms with Gasteiger partial charge in [-0.05, 0) is 24.1 Å². The molecule has 1 saturated heterocycles. The molecule has 23 heavy (non-hydrogen) atoms. The molecule has 0 spiro atoms. The normalized spacial score (nSPS) is 19.3. The fourth-order valence-corrected chi connectivity index (χ4v) is 3.04. The average Bonchev–Trinajstić information content (AvgIpc) is 2.93. The van der Waals surface area contributed by atoms with Crippen molar-refractivity contribution in [1.29, 1.82) is 0 Å². The van der Waals surface area contributed by atoms with E-state index in [4.69, 9.17) is 9.47 Å². The molecular weight excluding hydrogens is 301 g/mol. The Morgan fingerprint density at radius 1 is 1.39 bits per heavy atom. The number of benzene rings is 1. The Kier molecular flexibility index (Phi) is 3.49. The summed E-state index contributed by atoms with van der Waals surface area (Å²) in [6.45, 7) is 1.97. The number of aromatic nitrogens is 2. The van der Waals surface area contributed by atoms with E-state index in [1.807, 2.05) is 0 Å². The Morgan fingerprint density at radius 3 is 3.17 bits per heavy atom. The molecule has 1 aromatic carbocycles. The number of anilines is 1. The van der Waals surface area contributed by atoms with Crippen LogP contribution in [0.4, 0.5) is 10.2 Å². The van der Waals surface area contributed by atoms with Crippen molar-refractivity contribution in [3.05, 3.63) is 52.2 Å². The molecule has 6 nitrogen and oxygen atoms in total. The predicted octanol–water partition coefficient (Wildman–Crippen LogP) is 1.53. The number of hydrogen-bond donors (Lipinski definition) is 0. The van der Waals surface area contributed by atoms with Gasteiger partial charge in [-0.3, -0.25) is 4.57 Å². The van der Waals surface area contributed by atoms with Crippen LogP contribution >= 0.6 is 0 Å². The SMILES string of the molecule is O=c1nc(OCc2cccc(F)c2)cc2n1C[C@@H]1CCOCN21. The number of fused-ring (bicyclic) bond motifs is 3. The van der Waals surface area contributed by atoms with Crippen molar-refractivity contribution in [3.8, 4) is 5.88 Å². The molecule has 0 N–H and O–H groups in total. The van der Waals surface area contributed by atoms with E-state index in [1.54, 1.807) is 22.8 Å². The molecule has 0 unspecified atom stereocenters. The van der Waals surface area contributed by atoms with Crippen LogP contribution in [0.1, 0.15) is 12.0 Å². The first-order valence-electron chi connectivity index (χ1n) is 7.54. The predicted molar refractivity (Wildman–Crippen MR) is 80.9 cm³/mol. The second-order valence-electron chi connectivity index (χ2n) is 5.71. The summed E-state index contributed by atoms with van der Waals surface area (Å²) in [5.74, 6) is 0.696. The van der Waals surface area contributed by atoms with Gasteiger partial charge in [0.25, 0.3) is 0 Å². The van der Waals surface area contributed by atoms with Gasteiger partial charge in [-0.25, -0.2) is 9.18 Å². The third-order valence-corrected chi connectivity index (χ3v) is 4.20. The van der Waals surface area contributed by atoms with Crippen LogP contribution in [-0.4, -0.2) is 28.9 Å². The molecule has 1 atom stereocenters. The first-order valence-corrected chi connectivity index (χ1v) is 7.54. The Bertz CT molecular complexity index is 792. The molecule has 2 aliphatic rings. The molecule has 0 radical (unpaired) electrons. The van der Waals surface area contributed by atoms with Gasteiger partial charge in [0.1, 0.15) is 25.0 Å². The summed E-state index contributed by atoms with van der Waals surface area (Å²) >= 11 is 0. The topological polar surface area (TPSA) is 56.6 Å². The standard InChI is InChI=1S/C16H16FN3O3/c17-12-3-1-2-11(6-12)9-23-14-7-15-19(16(21)18-14)8-13-4-5-22-10-20(13)15/h1-3,6-7,13H,4-5,8-10H2/t13-/m0/s1. The lowest BCUT2D eigenvalue weighted by Gasteiger charge is -2.30. The van der Waals surface area contributed by atoms with Gasteiger partial charge < -0.3 is 14.4 Å². The highest BCUT2D eigenvalue weighted by molar-refractivity contribution is 5.46. The number of halogens is 1. The van der Waals surface area contributed by atoms with Crippen LogP contribution in [0.3, 0.4) is 0 Å². The van der Waals surface area contributed by atoms with Crippen molar-refractivity contribution < 1.29 is 13.9 Å². The fourth-order valence-electron chi connectivity index (χ4n) is 3.04. The van der Waals surface area contributed by atoms with Gasteiger partial charge in [-0.15, -0.1) is 0 Å². The van der Waals surface area contributed by atoms with E-state index in [1.165, 1.54) is 12.1 Å². The molecule has 0 saturated carbocycles. The highest BCUT2D eigenvalue weighted by Gasteiger charge is 2.33. The minimum atomic E-state index is -0.328. The third-order valence-electron chi connectivity index (χ3n) is 4.20. The first kappa shape index (κ1) is 14.2. The van der Waals surface area contributed by atoms with Crippen LogP contribution in [0.15, 0.2) is 35.1 Å². The van der Waals surface area contributed by atoms with Crippen molar-refractivity contribution >= 4 is 5.82 Å². The molecule has 3 heterocycles. The first-order chi connectivity index (χ1) is 11.2. The van der Waals surface area contributed by atoms with Gasteiger partial charge in [0, 0.05) is 12.6 Å².